The summed E-state index contributed by atoms with van der Waals surface area (Å²) in [7, 11) is 1.51. The van der Waals surface area contributed by atoms with Crippen LogP contribution >= 0.6 is 11.3 Å². The van der Waals surface area contributed by atoms with Crippen LogP contribution in [0.4, 0.5) is 5.69 Å². The molecule has 0 bridgehead atoms. The fourth-order valence-corrected chi connectivity index (χ4v) is 4.28. The van der Waals surface area contributed by atoms with Gasteiger partial charge in [0.25, 0.3) is 5.91 Å². The van der Waals surface area contributed by atoms with E-state index >= 15 is 0 Å². The number of hydrogen-bond donors (Lipinski definition) is 1. The first-order valence-corrected chi connectivity index (χ1v) is 10.6. The van der Waals surface area contributed by atoms with Gasteiger partial charge in [0.15, 0.2) is 5.76 Å². The number of ether oxygens (including phenoxy) is 2. The third kappa shape index (κ3) is 3.88. The zero-order chi connectivity index (χ0) is 22.8. The number of carbonyl (C=O) groups excluding carboxylic acids is 3. The topological polar surface area (TPSA) is 93.1 Å². The van der Waals surface area contributed by atoms with Crippen molar-refractivity contribution in [1.82, 2.24) is 0 Å². The van der Waals surface area contributed by atoms with Gasteiger partial charge in [-0.05, 0) is 41.3 Å². The standard InChI is InChI=1S/C24H19NO6S/c1-14(26)31-17-10-8-15(9-11-17)21-20(22(27)19-7-4-12-32-19)23(28)24(29)25(21)16-5-3-6-18(13-16)30-2/h3-13,21,28H,1-2H3. The molecule has 0 saturated carbocycles. The molecule has 2 heterocycles. The van der Waals surface area contributed by atoms with E-state index in [9.17, 15) is 19.5 Å². The molecular formula is C24H19NO6S. The Morgan fingerprint density at radius 3 is 2.41 bits per heavy atom. The second kappa shape index (κ2) is 8.68. The average molecular weight is 449 g/mol. The molecular weight excluding hydrogens is 430 g/mol. The van der Waals surface area contributed by atoms with Crippen molar-refractivity contribution in [3.8, 4) is 11.5 Å². The van der Waals surface area contributed by atoms with E-state index < -0.39 is 29.5 Å². The number of methoxy groups -OCH3 is 1. The van der Waals surface area contributed by atoms with E-state index in [0.717, 1.165) is 0 Å². The number of ketones is 1. The third-order valence-electron chi connectivity index (χ3n) is 4.99. The number of amides is 1. The molecule has 0 aliphatic carbocycles. The largest absolute Gasteiger partial charge is 0.503 e. The average Bonchev–Trinajstić information content (AvgIpc) is 3.41. The molecule has 7 nitrogen and oxygen atoms in total. The van der Waals surface area contributed by atoms with E-state index in [1.807, 2.05) is 0 Å². The van der Waals surface area contributed by atoms with Gasteiger partial charge >= 0.3 is 5.97 Å². The van der Waals surface area contributed by atoms with E-state index in [-0.39, 0.29) is 5.57 Å². The highest BCUT2D eigenvalue weighted by molar-refractivity contribution is 7.12. The van der Waals surface area contributed by atoms with E-state index in [0.29, 0.717) is 27.6 Å². The number of nitrogens with zero attached hydrogens (tertiary/aromatic N) is 1. The number of thiophene rings is 1. The first-order valence-electron chi connectivity index (χ1n) is 9.68. The van der Waals surface area contributed by atoms with Gasteiger partial charge in [0, 0.05) is 18.7 Å². The fourth-order valence-electron chi connectivity index (χ4n) is 3.60. The molecule has 0 spiro atoms. The maximum absolute atomic E-state index is 13.3. The summed E-state index contributed by atoms with van der Waals surface area (Å²) in [6, 6.07) is 15.8. The van der Waals surface area contributed by atoms with Crippen LogP contribution in [0.15, 0.2) is 77.4 Å². The normalized spacial score (nSPS) is 15.8. The second-order valence-electron chi connectivity index (χ2n) is 7.01. The molecule has 3 aromatic rings. The van der Waals surface area contributed by atoms with Crippen molar-refractivity contribution in [2.75, 3.05) is 12.0 Å². The monoisotopic (exact) mass is 449 g/mol. The minimum absolute atomic E-state index is 0.0134. The minimum Gasteiger partial charge on any atom is -0.503 e. The van der Waals surface area contributed by atoms with E-state index in [4.69, 9.17) is 9.47 Å². The Balaban J connectivity index is 1.84. The molecule has 0 saturated heterocycles. The van der Waals surface area contributed by atoms with Crippen molar-refractivity contribution in [2.45, 2.75) is 13.0 Å². The van der Waals surface area contributed by atoms with Crippen molar-refractivity contribution in [1.29, 1.82) is 0 Å². The first kappa shape index (κ1) is 21.3. The third-order valence-corrected chi connectivity index (χ3v) is 5.86. The summed E-state index contributed by atoms with van der Waals surface area (Å²) in [5.74, 6) is -1.31. The van der Waals surface area contributed by atoms with Gasteiger partial charge in [-0.3, -0.25) is 19.3 Å². The van der Waals surface area contributed by atoms with E-state index in [2.05, 4.69) is 0 Å². The number of esters is 1. The van der Waals surface area contributed by atoms with Gasteiger partial charge in [0.05, 0.1) is 23.6 Å². The number of aliphatic hydroxyl groups is 1. The summed E-state index contributed by atoms with van der Waals surface area (Å²) < 4.78 is 10.4. The summed E-state index contributed by atoms with van der Waals surface area (Å²) in [6.45, 7) is 1.30. The number of benzene rings is 2. The lowest BCUT2D eigenvalue weighted by Crippen LogP contribution is -2.31. The van der Waals surface area contributed by atoms with Crippen LogP contribution in [0, 0.1) is 0 Å². The maximum Gasteiger partial charge on any atom is 0.308 e. The molecule has 1 amide bonds. The van der Waals surface area contributed by atoms with Crippen molar-refractivity contribution < 1.29 is 29.0 Å². The second-order valence-corrected chi connectivity index (χ2v) is 7.96. The van der Waals surface area contributed by atoms with Crippen LogP contribution in [0.1, 0.15) is 28.2 Å². The number of hydrogen-bond acceptors (Lipinski definition) is 7. The van der Waals surface area contributed by atoms with Gasteiger partial charge < -0.3 is 14.6 Å². The van der Waals surface area contributed by atoms with Crippen molar-refractivity contribution >= 4 is 34.7 Å². The van der Waals surface area contributed by atoms with Crippen LogP contribution < -0.4 is 14.4 Å². The van der Waals surface area contributed by atoms with E-state index in [1.165, 1.54) is 30.3 Å². The number of carbonyl (C=O) groups is 3. The zero-order valence-corrected chi connectivity index (χ0v) is 18.1. The van der Waals surface area contributed by atoms with Gasteiger partial charge in [0.2, 0.25) is 5.78 Å². The Labute approximate surface area is 188 Å². The summed E-state index contributed by atoms with van der Waals surface area (Å²) >= 11 is 1.23. The molecule has 4 rings (SSSR count). The summed E-state index contributed by atoms with van der Waals surface area (Å²) in [4.78, 5) is 39.4. The van der Waals surface area contributed by atoms with Crippen LogP contribution in [-0.4, -0.2) is 29.9 Å². The van der Waals surface area contributed by atoms with Crippen LogP contribution in [-0.2, 0) is 9.59 Å². The molecule has 8 heteroatoms. The Kier molecular flexibility index (Phi) is 5.79. The minimum atomic E-state index is -0.879. The Morgan fingerprint density at radius 2 is 1.78 bits per heavy atom. The van der Waals surface area contributed by atoms with E-state index in [1.54, 1.807) is 66.0 Å². The summed E-state index contributed by atoms with van der Waals surface area (Å²) in [6.07, 6.45) is 0. The lowest BCUT2D eigenvalue weighted by atomic mass is 9.95. The van der Waals surface area contributed by atoms with Crippen molar-refractivity contribution in [3.63, 3.8) is 0 Å². The first-order chi connectivity index (χ1) is 15.4. The number of rotatable bonds is 6. The highest BCUT2D eigenvalue weighted by atomic mass is 32.1. The molecule has 0 radical (unpaired) electrons. The number of Topliss-reactive ketones (excluding diaryl/α,β-unsaturated/α-hetero) is 1. The Bertz CT molecular complexity index is 1210. The van der Waals surface area contributed by atoms with Crippen LogP contribution in [0.2, 0.25) is 0 Å². The Hall–Kier alpha value is -3.91. The quantitative estimate of drug-likeness (QED) is 0.339. The molecule has 1 unspecified atom stereocenters. The molecule has 32 heavy (non-hydrogen) atoms. The molecule has 0 fully saturated rings. The molecule has 1 aliphatic rings. The van der Waals surface area contributed by atoms with Gasteiger partial charge in [-0.1, -0.05) is 24.3 Å². The van der Waals surface area contributed by atoms with Gasteiger partial charge in [0.1, 0.15) is 11.5 Å². The Morgan fingerprint density at radius 1 is 1.03 bits per heavy atom. The molecule has 1 aromatic heterocycles. The highest BCUT2D eigenvalue weighted by Gasteiger charge is 2.45. The lowest BCUT2D eigenvalue weighted by Gasteiger charge is -2.27. The molecule has 162 valence electrons. The molecule has 2 aromatic carbocycles. The van der Waals surface area contributed by atoms with Crippen molar-refractivity contribution in [3.05, 3.63) is 87.8 Å². The fraction of sp³-hybridized carbons (Fsp3) is 0.125. The van der Waals surface area contributed by atoms with Gasteiger partial charge in [-0.25, -0.2) is 0 Å². The van der Waals surface area contributed by atoms with Gasteiger partial charge in [-0.15, -0.1) is 11.3 Å². The highest BCUT2D eigenvalue weighted by Crippen LogP contribution is 2.43. The number of anilines is 1. The molecule has 1 aliphatic heterocycles. The van der Waals surface area contributed by atoms with Crippen LogP contribution in [0.3, 0.4) is 0 Å². The van der Waals surface area contributed by atoms with Gasteiger partial charge in [-0.2, -0.15) is 0 Å². The summed E-state index contributed by atoms with van der Waals surface area (Å²) in [5.41, 5.74) is 1.02. The predicted octanol–water partition coefficient (Wildman–Crippen LogP) is 4.46. The van der Waals surface area contributed by atoms with Crippen LogP contribution in [0.25, 0.3) is 0 Å². The predicted molar refractivity (Wildman–Crippen MR) is 119 cm³/mol. The molecule has 1 N–H and O–H groups in total. The number of aliphatic hydroxyl groups excluding tert-OH is 1. The smallest absolute Gasteiger partial charge is 0.308 e. The van der Waals surface area contributed by atoms with Crippen molar-refractivity contribution in [2.24, 2.45) is 0 Å². The molecule has 1 atom stereocenters. The summed E-state index contributed by atoms with van der Waals surface area (Å²) in [5, 5.41) is 12.5. The van der Waals surface area contributed by atoms with Crippen LogP contribution in [0.5, 0.6) is 11.5 Å². The SMILES string of the molecule is COc1cccc(N2C(=O)C(O)=C(C(=O)c3cccs3)C2c2ccc(OC(C)=O)cc2)c1. The lowest BCUT2D eigenvalue weighted by molar-refractivity contribution is -0.131. The zero-order valence-electron chi connectivity index (χ0n) is 17.3. The maximum atomic E-state index is 13.3.